The van der Waals surface area contributed by atoms with E-state index < -0.39 is 11.5 Å². The van der Waals surface area contributed by atoms with Crippen LogP contribution >= 0.6 is 23.4 Å². The molecule has 0 bridgehead atoms. The third-order valence-electron chi connectivity index (χ3n) is 7.17. The van der Waals surface area contributed by atoms with E-state index in [0.717, 1.165) is 51.5 Å². The molecule has 0 aromatic rings. The van der Waals surface area contributed by atoms with Crippen LogP contribution in [0.2, 0.25) is 0 Å². The van der Waals surface area contributed by atoms with Crippen LogP contribution < -0.4 is 21.5 Å². The molecule has 4 N–H and O–H groups in total. The summed E-state index contributed by atoms with van der Waals surface area (Å²) < 4.78 is 13.6. The van der Waals surface area contributed by atoms with Crippen LogP contribution in [0.25, 0.3) is 0 Å². The molecule has 8 unspecified atom stereocenters. The Morgan fingerprint density at radius 2 is 1.84 bits per heavy atom. The number of thioether (sulfide) groups is 1. The number of carbonyl (C=O) groups excluding carboxylic acids is 2. The molecule has 2 aliphatic carbocycles. The minimum Gasteiger partial charge on any atom is -0.351 e. The van der Waals surface area contributed by atoms with E-state index >= 15 is 0 Å². The first-order valence-corrected chi connectivity index (χ1v) is 13.1. The van der Waals surface area contributed by atoms with Crippen LogP contribution in [0.15, 0.2) is 0 Å². The van der Waals surface area contributed by atoms with Crippen molar-refractivity contribution >= 4 is 35.3 Å². The minimum atomic E-state index is -0.818. The van der Waals surface area contributed by atoms with E-state index in [4.69, 9.17) is 11.6 Å². The van der Waals surface area contributed by atoms with Crippen LogP contribution in [0.5, 0.6) is 0 Å². The smallest absolute Gasteiger partial charge is 0.317 e. The van der Waals surface area contributed by atoms with E-state index in [-0.39, 0.29) is 40.8 Å². The Balaban J connectivity index is 1.27. The van der Waals surface area contributed by atoms with Crippen LogP contribution in [-0.2, 0) is 4.79 Å². The molecule has 8 atom stereocenters. The van der Waals surface area contributed by atoms with Crippen molar-refractivity contribution in [3.05, 3.63) is 0 Å². The van der Waals surface area contributed by atoms with Crippen LogP contribution in [0.3, 0.4) is 0 Å². The summed E-state index contributed by atoms with van der Waals surface area (Å²) in [5, 5.41) is 5.79. The van der Waals surface area contributed by atoms with Gasteiger partial charge in [0, 0.05) is 24.0 Å². The topological polar surface area (TPSA) is 85.5 Å². The summed E-state index contributed by atoms with van der Waals surface area (Å²) in [5.41, 5.74) is 6.28. The molecular weight excluding hydrogens is 441 g/mol. The average Bonchev–Trinajstić information content (AvgIpc) is 3.40. The number of halogens is 2. The first-order valence-electron chi connectivity index (χ1n) is 11.7. The molecule has 2 saturated heterocycles. The van der Waals surface area contributed by atoms with Gasteiger partial charge in [0.15, 0.2) is 0 Å². The largest absolute Gasteiger partial charge is 0.351 e. The minimum absolute atomic E-state index is 0.0227. The van der Waals surface area contributed by atoms with E-state index in [1.165, 1.54) is 11.8 Å². The number of hydrogen-bond donors (Lipinski definition) is 4. The number of carbonyl (C=O) groups is 2. The van der Waals surface area contributed by atoms with E-state index in [1.54, 1.807) is 0 Å². The molecule has 4 rings (SSSR count). The number of nitrogens with zero attached hydrogens (tertiary/aromatic N) is 1. The molecule has 2 saturated carbocycles. The van der Waals surface area contributed by atoms with Gasteiger partial charge in [-0.1, -0.05) is 6.92 Å². The molecule has 4 fully saturated rings. The van der Waals surface area contributed by atoms with Crippen LogP contribution in [0, 0.1) is 5.92 Å². The van der Waals surface area contributed by atoms with Gasteiger partial charge in [0.25, 0.3) is 0 Å². The third-order valence-corrected chi connectivity index (χ3v) is 9.11. The van der Waals surface area contributed by atoms with Crippen molar-refractivity contribution < 1.29 is 14.0 Å². The van der Waals surface area contributed by atoms with Crippen LogP contribution in [-0.4, -0.2) is 63.8 Å². The van der Waals surface area contributed by atoms with E-state index in [2.05, 4.69) is 28.4 Å². The van der Waals surface area contributed by atoms with Crippen molar-refractivity contribution in [3.8, 4) is 0 Å². The fraction of sp³-hybridized carbons (Fsp3) is 0.905. The van der Waals surface area contributed by atoms with Crippen LogP contribution in [0.4, 0.5) is 9.18 Å². The fourth-order valence-electron chi connectivity index (χ4n) is 5.24. The van der Waals surface area contributed by atoms with Gasteiger partial charge in [0.1, 0.15) is 11.5 Å². The summed E-state index contributed by atoms with van der Waals surface area (Å²) in [7, 11) is 0. The maximum Gasteiger partial charge on any atom is 0.317 e. The number of likely N-dealkylation sites (tertiary alicyclic amines) is 1. The molecular formula is C21H35ClFN5O2S. The number of alkyl halides is 2. The van der Waals surface area contributed by atoms with Gasteiger partial charge in [-0.3, -0.25) is 4.79 Å². The van der Waals surface area contributed by atoms with Crippen molar-refractivity contribution in [1.29, 1.82) is 0 Å². The summed E-state index contributed by atoms with van der Waals surface area (Å²) >= 11 is 7.92. The second-order valence-electron chi connectivity index (χ2n) is 9.55. The Morgan fingerprint density at radius 1 is 1.03 bits per heavy atom. The summed E-state index contributed by atoms with van der Waals surface area (Å²) in [4.78, 5) is 27.5. The monoisotopic (exact) mass is 475 g/mol. The van der Waals surface area contributed by atoms with Gasteiger partial charge in [0.2, 0.25) is 5.91 Å². The summed E-state index contributed by atoms with van der Waals surface area (Å²) in [6, 6.07) is 0.0328. The number of amides is 3. The Kier molecular flexibility index (Phi) is 7.88. The van der Waals surface area contributed by atoms with E-state index in [9.17, 15) is 14.0 Å². The van der Waals surface area contributed by atoms with Crippen molar-refractivity contribution in [3.63, 3.8) is 0 Å². The molecule has 0 aromatic heterocycles. The van der Waals surface area contributed by atoms with Gasteiger partial charge in [-0.05, 0) is 63.7 Å². The average molecular weight is 476 g/mol. The lowest BCUT2D eigenvalue weighted by Gasteiger charge is -2.34. The molecule has 4 aliphatic rings. The molecule has 31 heavy (non-hydrogen) atoms. The zero-order valence-electron chi connectivity index (χ0n) is 18.1. The maximum absolute atomic E-state index is 13.6. The molecule has 2 heterocycles. The normalized spacial score (nSPS) is 41.2. The molecule has 7 nitrogen and oxygen atoms in total. The maximum atomic E-state index is 13.6. The molecule has 176 valence electrons. The van der Waals surface area contributed by atoms with Gasteiger partial charge in [-0.15, -0.1) is 23.4 Å². The first-order chi connectivity index (χ1) is 14.9. The van der Waals surface area contributed by atoms with E-state index in [0.29, 0.717) is 18.8 Å². The summed E-state index contributed by atoms with van der Waals surface area (Å²) in [6.45, 7) is 2.89. The predicted octanol–water partition coefficient (Wildman–Crippen LogP) is 2.85. The van der Waals surface area contributed by atoms with Crippen LogP contribution in [0.1, 0.15) is 64.7 Å². The molecule has 0 radical (unpaired) electrons. The van der Waals surface area contributed by atoms with Crippen molar-refractivity contribution in [2.45, 2.75) is 105 Å². The quantitative estimate of drug-likeness (QED) is 0.470. The summed E-state index contributed by atoms with van der Waals surface area (Å²) in [6.07, 6.45) is 6.50. The second kappa shape index (κ2) is 10.4. The SMILES string of the molecule is CC1CCC(NC(=O)N2CCCC2C2NNC(C(=O)NC3CCCC(F)C3)S2)CC1Cl. The number of hydrazine groups is 1. The number of nitrogens with one attached hydrogen (secondary N) is 4. The van der Waals surface area contributed by atoms with Gasteiger partial charge in [-0.25, -0.2) is 20.0 Å². The number of hydrogen-bond acceptors (Lipinski definition) is 5. The standard InChI is InChI=1S/C21H35ClFN5O2S/c1-12-7-8-15(11-16(12)22)25-21(30)28-9-3-6-17(28)19-26-27-20(31-19)18(29)24-14-5-2-4-13(23)10-14/h12-17,19-20,26-27H,2-11H2,1H3,(H,24,29)(H,25,30). The third kappa shape index (κ3) is 5.78. The van der Waals surface area contributed by atoms with Crippen molar-refractivity contribution in [1.82, 2.24) is 26.4 Å². The zero-order valence-corrected chi connectivity index (χ0v) is 19.7. The highest BCUT2D eigenvalue weighted by Gasteiger charge is 2.42. The van der Waals surface area contributed by atoms with Crippen molar-refractivity contribution in [2.24, 2.45) is 5.92 Å². The highest BCUT2D eigenvalue weighted by atomic mass is 35.5. The molecule has 0 spiro atoms. The van der Waals surface area contributed by atoms with Gasteiger partial charge in [-0.2, -0.15) is 0 Å². The highest BCUT2D eigenvalue weighted by molar-refractivity contribution is 8.01. The van der Waals surface area contributed by atoms with Gasteiger partial charge >= 0.3 is 6.03 Å². The summed E-state index contributed by atoms with van der Waals surface area (Å²) in [5.74, 6) is 0.379. The first kappa shape index (κ1) is 23.4. The fourth-order valence-corrected chi connectivity index (χ4v) is 6.80. The zero-order chi connectivity index (χ0) is 22.0. The number of rotatable bonds is 4. The lowest BCUT2D eigenvalue weighted by Crippen LogP contribution is -2.53. The Labute approximate surface area is 193 Å². The lowest BCUT2D eigenvalue weighted by molar-refractivity contribution is -0.122. The predicted molar refractivity (Wildman–Crippen MR) is 121 cm³/mol. The molecule has 2 aliphatic heterocycles. The van der Waals surface area contributed by atoms with Gasteiger partial charge < -0.3 is 15.5 Å². The highest BCUT2D eigenvalue weighted by Crippen LogP contribution is 2.32. The Morgan fingerprint density at radius 3 is 2.61 bits per heavy atom. The number of urea groups is 1. The Hall–Kier alpha value is -0.770. The molecule has 10 heteroatoms. The molecule has 0 aromatic carbocycles. The molecule has 3 amide bonds. The second-order valence-corrected chi connectivity index (χ2v) is 11.4. The van der Waals surface area contributed by atoms with E-state index in [1.807, 2.05) is 4.90 Å². The lowest BCUT2D eigenvalue weighted by atomic mass is 9.87. The van der Waals surface area contributed by atoms with Gasteiger partial charge in [0.05, 0.1) is 11.4 Å². The van der Waals surface area contributed by atoms with Crippen molar-refractivity contribution in [2.75, 3.05) is 6.54 Å². The Bertz CT molecular complexity index is 661.